The number of rotatable bonds is 16. The molecule has 13 heteroatoms. The van der Waals surface area contributed by atoms with Crippen LogP contribution in [-0.4, -0.2) is 131 Å². The summed E-state index contributed by atoms with van der Waals surface area (Å²) in [4.78, 5) is 4.24. The first kappa shape index (κ1) is 52.0. The Hall–Kier alpha value is 1.35. The molecule has 0 saturated heterocycles. The van der Waals surface area contributed by atoms with E-state index in [4.69, 9.17) is 78.3 Å². The van der Waals surface area contributed by atoms with E-state index in [0.717, 1.165) is 39.3 Å². The Balaban J connectivity index is -0.0000000686. The van der Waals surface area contributed by atoms with E-state index in [0.29, 0.717) is 36.6 Å². The molecule has 4 unspecified atom stereocenters. The molecule has 0 aliphatic rings. The van der Waals surface area contributed by atoms with Crippen LogP contribution in [0.3, 0.4) is 0 Å². The molecule has 0 spiro atoms. The third kappa shape index (κ3) is 39.5. The van der Waals surface area contributed by atoms with Crippen LogP contribution in [0.15, 0.2) is 0 Å². The van der Waals surface area contributed by atoms with Gasteiger partial charge in [-0.05, 0) is 34.2 Å². The minimum absolute atomic E-state index is 0. The van der Waals surface area contributed by atoms with Gasteiger partial charge in [-0.25, -0.2) is 0 Å². The number of nitrogens with two attached hydrogens (primary N) is 1. The molecule has 8 nitrogen and oxygen atoms in total. The Labute approximate surface area is 266 Å². The van der Waals surface area contributed by atoms with Crippen molar-refractivity contribution in [3.8, 4) is 0 Å². The fourth-order valence-electron chi connectivity index (χ4n) is 2.30. The van der Waals surface area contributed by atoms with Crippen molar-refractivity contribution in [2.45, 2.75) is 73.4 Å². The summed E-state index contributed by atoms with van der Waals surface area (Å²) in [6.45, 7) is 16.5. The van der Waals surface area contributed by atoms with Crippen molar-refractivity contribution in [3.63, 3.8) is 0 Å². The monoisotopic (exact) mass is 681 g/mol. The molecule has 0 aromatic carbocycles. The number of aliphatic hydroxyl groups excluding tert-OH is 4. The fraction of sp³-hybridized carbons (Fsp3) is 1.00. The molecule has 38 heavy (non-hydrogen) atoms. The maximum absolute atomic E-state index is 8.83. The van der Waals surface area contributed by atoms with Gasteiger partial charge in [0.05, 0.1) is 24.4 Å². The van der Waals surface area contributed by atoms with Gasteiger partial charge in [-0.3, -0.25) is 4.90 Å². The number of nitrogens with zero attached hydrogens (tertiary/aromatic N) is 2. The maximum atomic E-state index is 8.83. The summed E-state index contributed by atoms with van der Waals surface area (Å²) in [5.74, 6) is 2.51. The van der Waals surface area contributed by atoms with Crippen LogP contribution in [0.4, 0.5) is 0 Å². The summed E-state index contributed by atoms with van der Waals surface area (Å²) in [6.07, 6.45) is -1.63. The molecule has 0 amide bonds. The molecule has 0 aromatic heterocycles. The smallest absolute Gasteiger partial charge is 0.676 e. The van der Waals surface area contributed by atoms with Gasteiger partial charge in [0.25, 0.3) is 0 Å². The third-order valence-electron chi connectivity index (χ3n) is 5.52. The van der Waals surface area contributed by atoms with E-state index in [1.807, 2.05) is 13.8 Å². The summed E-state index contributed by atoms with van der Waals surface area (Å²) in [5.41, 5.74) is 12.3. The Morgan fingerprint density at radius 3 is 0.974 bits per heavy atom. The molecule has 4 atom stereocenters. The zero-order valence-electron chi connectivity index (χ0n) is 23.6. The van der Waals surface area contributed by atoms with Gasteiger partial charge in [0, 0.05) is 76.1 Å². The molecule has 241 valence electrons. The first-order chi connectivity index (χ1) is 16.8. The van der Waals surface area contributed by atoms with Crippen LogP contribution in [0.25, 0.3) is 5.73 Å². The van der Waals surface area contributed by atoms with Gasteiger partial charge in [-0.2, -0.15) is 0 Å². The fourth-order valence-corrected chi connectivity index (χ4v) is 3.25. The van der Waals surface area contributed by atoms with E-state index in [9.17, 15) is 0 Å². The standard InChI is InChI=1S/C6H14Cl2N2.C6H13Cl2N2.2C6H14O2.CH4.Co.H2/c2*7-1-4-10(5-2-8)6-3-9;2*1-4(5(2)7)6(3)8;;;/h1-6,9H2;9H,1-6H2;2*4-8H,1-3H3;1H4;;1H/q;-1;;;;+2;/i;;;;;;1+1. The van der Waals surface area contributed by atoms with E-state index in [-0.39, 0.29) is 37.5 Å². The molecule has 0 heterocycles. The molecule has 0 fully saturated rings. The SMILES string of the molecule is C.CC(O)C(C)C(C)O.CC(O)C(C)C(C)O.NCCN(CCCl)CCCl.[2HH].[Co+2].[NH-]CCN(CCCl)CCCl. The Kier molecular flexibility index (Phi) is 52.5. The molecular formula is C25H61Cl4CoN4O4+. The van der Waals surface area contributed by atoms with Crippen LogP contribution in [0.5, 0.6) is 0 Å². The summed E-state index contributed by atoms with van der Waals surface area (Å²) in [6, 6.07) is 0. The first-order valence-corrected chi connectivity index (χ1v) is 14.7. The minimum atomic E-state index is -0.407. The van der Waals surface area contributed by atoms with Gasteiger partial charge in [-0.15, -0.1) is 52.9 Å². The molecule has 0 rings (SSSR count). The van der Waals surface area contributed by atoms with E-state index >= 15 is 0 Å². The van der Waals surface area contributed by atoms with Crippen LogP contribution >= 0.6 is 46.4 Å². The van der Waals surface area contributed by atoms with Crippen molar-refractivity contribution in [2.24, 2.45) is 17.6 Å². The molecule has 0 aliphatic heterocycles. The van der Waals surface area contributed by atoms with E-state index in [1.165, 1.54) is 0 Å². The molecule has 0 bridgehead atoms. The van der Waals surface area contributed by atoms with Crippen molar-refractivity contribution in [2.75, 3.05) is 75.9 Å². The van der Waals surface area contributed by atoms with E-state index in [1.54, 1.807) is 27.7 Å². The number of aliphatic hydroxyl groups is 4. The second kappa shape index (κ2) is 38.3. The van der Waals surface area contributed by atoms with E-state index in [2.05, 4.69) is 9.80 Å². The number of hydrogen-bond donors (Lipinski definition) is 5. The molecular weight excluding hydrogens is 621 g/mol. The largest absolute Gasteiger partial charge is 2.00 e. The van der Waals surface area contributed by atoms with Crippen LogP contribution in [-0.2, 0) is 16.8 Å². The van der Waals surface area contributed by atoms with Gasteiger partial charge in [0.2, 0.25) is 0 Å². The number of nitrogens with one attached hydrogen (secondary N) is 1. The predicted octanol–water partition coefficient (Wildman–Crippen LogP) is 4.19. The molecule has 7 N–H and O–H groups in total. The summed E-state index contributed by atoms with van der Waals surface area (Å²) in [7, 11) is 0. The molecule has 0 saturated carbocycles. The summed E-state index contributed by atoms with van der Waals surface area (Å²) in [5, 5.41) is 35.3. The van der Waals surface area contributed by atoms with Crippen molar-refractivity contribution in [1.82, 2.24) is 9.80 Å². The van der Waals surface area contributed by atoms with Crippen LogP contribution in [0.2, 0.25) is 0 Å². The van der Waals surface area contributed by atoms with Gasteiger partial charge in [0.15, 0.2) is 0 Å². The molecule has 0 aliphatic carbocycles. The van der Waals surface area contributed by atoms with Crippen molar-refractivity contribution < 1.29 is 38.6 Å². The maximum Gasteiger partial charge on any atom is 2.00 e. The van der Waals surface area contributed by atoms with E-state index < -0.39 is 24.4 Å². The number of alkyl halides is 4. The van der Waals surface area contributed by atoms with Crippen LogP contribution in [0, 0.1) is 11.8 Å². The zero-order chi connectivity index (χ0) is 29.1. The molecule has 0 aromatic rings. The van der Waals surface area contributed by atoms with Crippen LogP contribution < -0.4 is 5.73 Å². The normalized spacial score (nSPS) is 15.0. The van der Waals surface area contributed by atoms with Crippen molar-refractivity contribution in [1.29, 1.82) is 0 Å². The average Bonchev–Trinajstić information content (AvgIpc) is 2.80. The minimum Gasteiger partial charge on any atom is -0.676 e. The second-order valence-electron chi connectivity index (χ2n) is 8.66. The Bertz CT molecular complexity index is 350. The molecule has 1 radical (unpaired) electrons. The van der Waals surface area contributed by atoms with Gasteiger partial charge >= 0.3 is 16.8 Å². The number of hydrogen-bond acceptors (Lipinski definition) is 7. The first-order valence-electron chi connectivity index (χ1n) is 12.6. The quantitative estimate of drug-likeness (QED) is 0.154. The van der Waals surface area contributed by atoms with Gasteiger partial charge in [0.1, 0.15) is 0 Å². The van der Waals surface area contributed by atoms with Crippen LogP contribution in [0.1, 0.15) is 50.4 Å². The van der Waals surface area contributed by atoms with Crippen molar-refractivity contribution >= 4 is 46.4 Å². The second-order valence-corrected chi connectivity index (χ2v) is 10.2. The summed E-state index contributed by atoms with van der Waals surface area (Å²) < 4.78 is 0. The topological polar surface area (TPSA) is 137 Å². The third-order valence-corrected chi connectivity index (χ3v) is 6.20. The zero-order valence-corrected chi connectivity index (χ0v) is 27.6. The predicted molar refractivity (Wildman–Crippen MR) is 168 cm³/mol. The average molecular weight is 684 g/mol. The van der Waals surface area contributed by atoms with Crippen molar-refractivity contribution in [3.05, 3.63) is 5.73 Å². The Morgan fingerprint density at radius 2 is 0.842 bits per heavy atom. The Morgan fingerprint density at radius 1 is 0.605 bits per heavy atom. The van der Waals surface area contributed by atoms with Gasteiger partial charge in [-0.1, -0.05) is 21.3 Å². The van der Waals surface area contributed by atoms with Gasteiger partial charge < -0.3 is 36.8 Å². The number of halogens is 4. The summed E-state index contributed by atoms with van der Waals surface area (Å²) >= 11 is 22.1.